The van der Waals surface area contributed by atoms with Gasteiger partial charge in [0, 0.05) is 36.8 Å². The number of sulfonamides is 1. The average molecular weight is 447 g/mol. The van der Waals surface area contributed by atoms with Gasteiger partial charge in [0.15, 0.2) is 5.65 Å². The van der Waals surface area contributed by atoms with Gasteiger partial charge in [0.1, 0.15) is 11.3 Å². The smallest absolute Gasteiger partial charge is 0.257 e. The molecule has 0 amide bonds. The third-order valence-electron chi connectivity index (χ3n) is 4.41. The maximum Gasteiger partial charge on any atom is 0.257 e. The number of aryl methyl sites for hydroxylation is 1. The van der Waals surface area contributed by atoms with Gasteiger partial charge in [-0.3, -0.25) is 4.79 Å². The van der Waals surface area contributed by atoms with Crippen molar-refractivity contribution in [1.82, 2.24) is 34.3 Å². The Labute approximate surface area is 175 Å². The number of thioether (sulfide) groups is 1. The van der Waals surface area contributed by atoms with E-state index in [0.29, 0.717) is 32.9 Å². The predicted octanol–water partition coefficient (Wildman–Crippen LogP) is 1.28. The summed E-state index contributed by atoms with van der Waals surface area (Å²) in [5.41, 5.74) is 7.84. The number of fused-ring (bicyclic) bond motifs is 3. The molecule has 0 bridgehead atoms. The number of H-pyrrole nitrogens is 1. The summed E-state index contributed by atoms with van der Waals surface area (Å²) in [7, 11) is -0.633. The Kier molecular flexibility index (Phi) is 4.95. The molecule has 0 saturated heterocycles. The van der Waals surface area contributed by atoms with Gasteiger partial charge in [-0.15, -0.1) is 15.3 Å². The molecule has 0 aliphatic carbocycles. The van der Waals surface area contributed by atoms with Gasteiger partial charge < -0.3 is 10.7 Å². The standard InChI is InChI=1S/C17H18N8O3S2/c1-9-6-13(18)23-25(9)14(26)8-29-17-20-16-15(21-22-17)11-7-10(4-5-12(11)19-16)30(27,28)24(2)3/h4-7H,8H2,1-3H3,(H2,18,23)(H,19,20,22). The number of nitrogens with one attached hydrogen (secondary N) is 1. The van der Waals surface area contributed by atoms with Crippen LogP contribution in [0.1, 0.15) is 10.5 Å². The number of carbonyl (C=O) groups excluding carboxylic acids is 1. The van der Waals surface area contributed by atoms with Crippen molar-refractivity contribution in [2.75, 3.05) is 25.6 Å². The van der Waals surface area contributed by atoms with Crippen LogP contribution in [-0.4, -0.2) is 68.4 Å². The molecule has 4 rings (SSSR count). The summed E-state index contributed by atoms with van der Waals surface area (Å²) in [5.74, 6) is 0.0765. The number of aromatic nitrogens is 6. The van der Waals surface area contributed by atoms with Gasteiger partial charge in [0.2, 0.25) is 15.2 Å². The number of nitrogen functional groups attached to an aromatic ring is 1. The number of benzene rings is 1. The summed E-state index contributed by atoms with van der Waals surface area (Å²) < 4.78 is 27.2. The Hall–Kier alpha value is -3.03. The molecule has 3 aromatic heterocycles. The lowest BCUT2D eigenvalue weighted by molar-refractivity contribution is 0.0924. The minimum absolute atomic E-state index is 0.0562. The minimum Gasteiger partial charge on any atom is -0.382 e. The molecule has 4 aromatic rings. The molecule has 0 atom stereocenters. The van der Waals surface area contributed by atoms with Crippen LogP contribution in [-0.2, 0) is 10.0 Å². The zero-order valence-corrected chi connectivity index (χ0v) is 18.0. The first-order valence-corrected chi connectivity index (χ1v) is 11.2. The first-order chi connectivity index (χ1) is 14.2. The van der Waals surface area contributed by atoms with Crippen molar-refractivity contribution < 1.29 is 13.2 Å². The Morgan fingerprint density at radius 2 is 2.03 bits per heavy atom. The third-order valence-corrected chi connectivity index (χ3v) is 7.05. The van der Waals surface area contributed by atoms with E-state index in [-0.39, 0.29) is 22.4 Å². The fraction of sp³-hybridized carbons (Fsp3) is 0.235. The zero-order chi connectivity index (χ0) is 21.6. The first-order valence-electron chi connectivity index (χ1n) is 8.73. The molecule has 3 N–H and O–H groups in total. The van der Waals surface area contributed by atoms with Crippen molar-refractivity contribution >= 4 is 55.6 Å². The van der Waals surface area contributed by atoms with Crippen LogP contribution in [0.15, 0.2) is 34.3 Å². The van der Waals surface area contributed by atoms with Crippen molar-refractivity contribution in [3.05, 3.63) is 30.0 Å². The zero-order valence-electron chi connectivity index (χ0n) is 16.3. The molecule has 11 nitrogen and oxygen atoms in total. The largest absolute Gasteiger partial charge is 0.382 e. The van der Waals surface area contributed by atoms with Gasteiger partial charge >= 0.3 is 0 Å². The Morgan fingerprint density at radius 3 is 2.70 bits per heavy atom. The van der Waals surface area contributed by atoms with Crippen LogP contribution in [0.25, 0.3) is 22.1 Å². The van der Waals surface area contributed by atoms with Gasteiger partial charge in [-0.25, -0.2) is 22.4 Å². The summed E-state index contributed by atoms with van der Waals surface area (Å²) in [6.07, 6.45) is 0. The topological polar surface area (TPSA) is 153 Å². The highest BCUT2D eigenvalue weighted by molar-refractivity contribution is 7.99. The molecule has 0 saturated carbocycles. The average Bonchev–Trinajstić information content (AvgIpc) is 3.23. The molecule has 0 spiro atoms. The number of nitrogens with zero attached hydrogens (tertiary/aromatic N) is 6. The lowest BCUT2D eigenvalue weighted by Crippen LogP contribution is -2.22. The molecule has 13 heteroatoms. The Balaban J connectivity index is 1.62. The van der Waals surface area contributed by atoms with Crippen LogP contribution in [0.5, 0.6) is 0 Å². The second-order valence-electron chi connectivity index (χ2n) is 6.72. The van der Waals surface area contributed by atoms with Crippen LogP contribution in [0.4, 0.5) is 5.82 Å². The molecule has 0 radical (unpaired) electrons. The lowest BCUT2D eigenvalue weighted by Gasteiger charge is -2.10. The summed E-state index contributed by atoms with van der Waals surface area (Å²) >= 11 is 1.12. The van der Waals surface area contributed by atoms with Gasteiger partial charge in [-0.2, -0.15) is 0 Å². The molecule has 0 aliphatic rings. The quantitative estimate of drug-likeness (QED) is 0.432. The number of hydrogen-bond donors (Lipinski definition) is 2. The number of rotatable bonds is 5. The van der Waals surface area contributed by atoms with Crippen molar-refractivity contribution in [2.24, 2.45) is 0 Å². The van der Waals surface area contributed by atoms with Crippen LogP contribution < -0.4 is 5.73 Å². The SMILES string of the molecule is Cc1cc(N)nn1C(=O)CSc1nnc2c(n1)[nH]c1ccc(S(=O)(=O)N(C)C)cc12. The highest BCUT2D eigenvalue weighted by atomic mass is 32.2. The fourth-order valence-corrected chi connectivity index (χ4v) is 4.46. The molecule has 1 aromatic carbocycles. The first kappa shape index (κ1) is 20.3. The highest BCUT2D eigenvalue weighted by Crippen LogP contribution is 2.27. The number of carbonyl (C=O) groups is 1. The number of nitrogens with two attached hydrogens (primary N) is 1. The second-order valence-corrected chi connectivity index (χ2v) is 9.81. The molecule has 3 heterocycles. The van der Waals surface area contributed by atoms with E-state index >= 15 is 0 Å². The van der Waals surface area contributed by atoms with E-state index in [9.17, 15) is 13.2 Å². The van der Waals surface area contributed by atoms with E-state index in [1.54, 1.807) is 25.1 Å². The fourth-order valence-electron chi connectivity index (χ4n) is 2.91. The van der Waals surface area contributed by atoms with Crippen molar-refractivity contribution in [2.45, 2.75) is 17.0 Å². The molecule has 156 valence electrons. The molecule has 0 aliphatic heterocycles. The summed E-state index contributed by atoms with van der Waals surface area (Å²) in [4.78, 5) is 20.0. The number of aromatic amines is 1. The Morgan fingerprint density at radius 1 is 1.27 bits per heavy atom. The second kappa shape index (κ2) is 7.34. The highest BCUT2D eigenvalue weighted by Gasteiger charge is 2.19. The van der Waals surface area contributed by atoms with Crippen molar-refractivity contribution in [1.29, 1.82) is 0 Å². The van der Waals surface area contributed by atoms with E-state index in [1.807, 2.05) is 0 Å². The lowest BCUT2D eigenvalue weighted by atomic mass is 10.2. The number of hydrogen-bond acceptors (Lipinski definition) is 9. The maximum atomic E-state index is 12.4. The maximum absolute atomic E-state index is 12.4. The van der Waals surface area contributed by atoms with E-state index in [2.05, 4.69) is 25.3 Å². The number of anilines is 1. The van der Waals surface area contributed by atoms with Gasteiger partial charge in [-0.1, -0.05) is 11.8 Å². The minimum atomic E-state index is -3.58. The summed E-state index contributed by atoms with van der Waals surface area (Å²) in [6, 6.07) is 6.34. The van der Waals surface area contributed by atoms with E-state index in [0.717, 1.165) is 16.1 Å². The van der Waals surface area contributed by atoms with Gasteiger partial charge in [0.25, 0.3) is 5.91 Å². The normalized spacial score (nSPS) is 12.3. The van der Waals surface area contributed by atoms with E-state index in [4.69, 9.17) is 5.73 Å². The molecule has 0 unspecified atom stereocenters. The third kappa shape index (κ3) is 3.51. The predicted molar refractivity (Wildman–Crippen MR) is 113 cm³/mol. The van der Waals surface area contributed by atoms with Crippen molar-refractivity contribution in [3.63, 3.8) is 0 Å². The van der Waals surface area contributed by atoms with Crippen LogP contribution in [0, 0.1) is 6.92 Å². The van der Waals surface area contributed by atoms with Gasteiger partial charge in [-0.05, 0) is 25.1 Å². The van der Waals surface area contributed by atoms with Gasteiger partial charge in [0.05, 0.1) is 10.6 Å². The monoisotopic (exact) mass is 446 g/mol. The van der Waals surface area contributed by atoms with E-state index in [1.165, 1.54) is 24.8 Å². The van der Waals surface area contributed by atoms with E-state index < -0.39 is 10.0 Å². The summed E-state index contributed by atoms with van der Waals surface area (Å²) in [5, 5.41) is 13.1. The van der Waals surface area contributed by atoms with Crippen LogP contribution in [0.2, 0.25) is 0 Å². The molecular formula is C17H18N8O3S2. The molecule has 30 heavy (non-hydrogen) atoms. The van der Waals surface area contributed by atoms with Crippen LogP contribution in [0.3, 0.4) is 0 Å². The molecular weight excluding hydrogens is 428 g/mol. The molecule has 0 fully saturated rings. The summed E-state index contributed by atoms with van der Waals surface area (Å²) in [6.45, 7) is 1.74. The van der Waals surface area contributed by atoms with Crippen molar-refractivity contribution in [3.8, 4) is 0 Å². The van der Waals surface area contributed by atoms with Crippen LogP contribution >= 0.6 is 11.8 Å². The Bertz CT molecular complexity index is 1390.